The lowest BCUT2D eigenvalue weighted by Gasteiger charge is -2.17. The molecule has 0 bridgehead atoms. The first-order valence-electron chi connectivity index (χ1n) is 5.95. The average molecular weight is 298 g/mol. The van der Waals surface area contributed by atoms with Crippen molar-refractivity contribution in [3.8, 4) is 5.88 Å². The Bertz CT molecular complexity index is 618. The lowest BCUT2D eigenvalue weighted by atomic mass is 10.0. The molecule has 0 saturated heterocycles. The van der Waals surface area contributed by atoms with E-state index in [9.17, 15) is 13.2 Å². The Morgan fingerprint density at radius 3 is 2.62 bits per heavy atom. The number of hydrazine groups is 1. The fourth-order valence-corrected chi connectivity index (χ4v) is 1.87. The minimum Gasteiger partial charge on any atom is -0.481 e. The highest BCUT2D eigenvalue weighted by molar-refractivity contribution is 5.33. The van der Waals surface area contributed by atoms with Gasteiger partial charge in [-0.25, -0.2) is 15.4 Å². The van der Waals surface area contributed by atoms with Gasteiger partial charge in [0.2, 0.25) is 5.88 Å². The van der Waals surface area contributed by atoms with Crippen LogP contribution in [0.4, 0.5) is 13.2 Å². The Morgan fingerprint density at radius 2 is 2.00 bits per heavy atom. The molecule has 0 aliphatic heterocycles. The van der Waals surface area contributed by atoms with Gasteiger partial charge in [0.1, 0.15) is 6.33 Å². The number of nitrogens with one attached hydrogen (secondary N) is 1. The highest BCUT2D eigenvalue weighted by atomic mass is 19.4. The lowest BCUT2D eigenvalue weighted by molar-refractivity contribution is -0.137. The minimum absolute atomic E-state index is 0.298. The highest BCUT2D eigenvalue weighted by Crippen LogP contribution is 2.31. The van der Waals surface area contributed by atoms with Gasteiger partial charge in [-0.05, 0) is 17.7 Å². The molecule has 0 radical (unpaired) electrons. The maximum Gasteiger partial charge on any atom is 0.416 e. The van der Waals surface area contributed by atoms with Gasteiger partial charge in [-0.1, -0.05) is 12.1 Å². The molecule has 112 valence electrons. The number of benzene rings is 1. The second-order valence-corrected chi connectivity index (χ2v) is 4.21. The van der Waals surface area contributed by atoms with E-state index in [1.165, 1.54) is 31.6 Å². The quantitative estimate of drug-likeness (QED) is 0.667. The Balaban J connectivity index is 2.41. The summed E-state index contributed by atoms with van der Waals surface area (Å²) in [6, 6.07) is 5.68. The molecule has 1 heterocycles. The molecule has 0 fully saturated rings. The molecule has 0 amide bonds. The van der Waals surface area contributed by atoms with Crippen molar-refractivity contribution >= 4 is 0 Å². The van der Waals surface area contributed by atoms with Crippen LogP contribution >= 0.6 is 0 Å². The zero-order valence-electron chi connectivity index (χ0n) is 11.1. The van der Waals surface area contributed by atoms with E-state index in [4.69, 9.17) is 10.6 Å². The first-order valence-corrected chi connectivity index (χ1v) is 5.95. The molecule has 1 aromatic carbocycles. The predicted octanol–water partition coefficient (Wildman–Crippen LogP) is 2.06. The molecule has 2 rings (SSSR count). The van der Waals surface area contributed by atoms with Gasteiger partial charge in [0.05, 0.1) is 24.4 Å². The number of rotatable bonds is 4. The molecule has 1 atom stereocenters. The van der Waals surface area contributed by atoms with Crippen LogP contribution in [-0.4, -0.2) is 17.1 Å². The van der Waals surface area contributed by atoms with E-state index < -0.39 is 17.8 Å². The fourth-order valence-electron chi connectivity index (χ4n) is 1.87. The van der Waals surface area contributed by atoms with E-state index in [2.05, 4.69) is 15.4 Å². The van der Waals surface area contributed by atoms with Crippen molar-refractivity contribution in [2.24, 2.45) is 5.84 Å². The number of hydrogen-bond acceptors (Lipinski definition) is 5. The van der Waals surface area contributed by atoms with Gasteiger partial charge in [-0.3, -0.25) is 5.84 Å². The molecule has 0 saturated carbocycles. The summed E-state index contributed by atoms with van der Waals surface area (Å²) in [6.45, 7) is 0. The number of aromatic nitrogens is 2. The van der Waals surface area contributed by atoms with E-state index in [1.807, 2.05) is 0 Å². The number of hydrogen-bond donors (Lipinski definition) is 2. The standard InChI is InChI=1S/C13H13F3N4O/c1-21-11-6-10(18-7-19-11)12(20-17)8-3-2-4-9(5-8)13(14,15)16/h2-7,12,20H,17H2,1H3. The second kappa shape index (κ2) is 6.06. The van der Waals surface area contributed by atoms with Crippen LogP contribution in [0.2, 0.25) is 0 Å². The third-order valence-electron chi connectivity index (χ3n) is 2.88. The molecule has 2 aromatic rings. The summed E-state index contributed by atoms with van der Waals surface area (Å²) in [5.41, 5.74) is 2.45. The van der Waals surface area contributed by atoms with E-state index in [0.29, 0.717) is 17.1 Å². The number of nitrogens with zero attached hydrogens (tertiary/aromatic N) is 2. The predicted molar refractivity (Wildman–Crippen MR) is 69.2 cm³/mol. The van der Waals surface area contributed by atoms with Crippen LogP contribution in [0, 0.1) is 0 Å². The molecule has 8 heteroatoms. The van der Waals surface area contributed by atoms with Crippen LogP contribution in [0.25, 0.3) is 0 Å². The van der Waals surface area contributed by atoms with Gasteiger partial charge in [0.25, 0.3) is 0 Å². The van der Waals surface area contributed by atoms with E-state index >= 15 is 0 Å². The molecule has 21 heavy (non-hydrogen) atoms. The molecule has 0 aliphatic rings. The van der Waals surface area contributed by atoms with E-state index in [1.54, 1.807) is 0 Å². The zero-order valence-corrected chi connectivity index (χ0v) is 11.1. The van der Waals surface area contributed by atoms with E-state index in [0.717, 1.165) is 12.1 Å². The van der Waals surface area contributed by atoms with Gasteiger partial charge >= 0.3 is 6.18 Å². The molecule has 1 unspecified atom stereocenters. The minimum atomic E-state index is -4.42. The van der Waals surface area contributed by atoms with Crippen LogP contribution in [0.15, 0.2) is 36.7 Å². The van der Waals surface area contributed by atoms with Crippen molar-refractivity contribution in [1.82, 2.24) is 15.4 Å². The largest absolute Gasteiger partial charge is 0.481 e. The maximum absolute atomic E-state index is 12.8. The smallest absolute Gasteiger partial charge is 0.416 e. The number of halogens is 3. The topological polar surface area (TPSA) is 73.1 Å². The second-order valence-electron chi connectivity index (χ2n) is 4.21. The zero-order chi connectivity index (χ0) is 15.5. The first kappa shape index (κ1) is 15.2. The van der Waals surface area contributed by atoms with Gasteiger partial charge in [-0.2, -0.15) is 13.2 Å². The molecular weight excluding hydrogens is 285 g/mol. The summed E-state index contributed by atoms with van der Waals surface area (Å²) in [6.07, 6.45) is -3.16. The Morgan fingerprint density at radius 1 is 1.24 bits per heavy atom. The fraction of sp³-hybridized carbons (Fsp3) is 0.231. The number of alkyl halides is 3. The van der Waals surface area contributed by atoms with Crippen molar-refractivity contribution in [2.45, 2.75) is 12.2 Å². The van der Waals surface area contributed by atoms with Crippen molar-refractivity contribution in [1.29, 1.82) is 0 Å². The molecule has 3 N–H and O–H groups in total. The Kier molecular flexibility index (Phi) is 4.39. The van der Waals surface area contributed by atoms with Gasteiger partial charge in [-0.15, -0.1) is 0 Å². The van der Waals surface area contributed by atoms with Crippen LogP contribution < -0.4 is 16.0 Å². The van der Waals surface area contributed by atoms with Crippen molar-refractivity contribution in [3.05, 3.63) is 53.5 Å². The number of ether oxygens (including phenoxy) is 1. The number of methoxy groups -OCH3 is 1. The average Bonchev–Trinajstić information content (AvgIpc) is 2.48. The molecule has 0 aliphatic carbocycles. The molecule has 1 aromatic heterocycles. The Hall–Kier alpha value is -2.19. The third-order valence-corrected chi connectivity index (χ3v) is 2.88. The summed E-state index contributed by atoms with van der Waals surface area (Å²) in [5.74, 6) is 5.75. The summed E-state index contributed by atoms with van der Waals surface area (Å²) >= 11 is 0. The lowest BCUT2D eigenvalue weighted by Crippen LogP contribution is -2.29. The SMILES string of the molecule is COc1cc(C(NN)c2cccc(C(F)(F)F)c2)ncn1. The summed E-state index contributed by atoms with van der Waals surface area (Å²) in [4.78, 5) is 7.86. The first-order chi connectivity index (χ1) is 9.95. The normalized spacial score (nSPS) is 13.0. The van der Waals surface area contributed by atoms with Crippen LogP contribution in [0.1, 0.15) is 22.9 Å². The summed E-state index contributed by atoms with van der Waals surface area (Å²) in [5, 5.41) is 0. The molecule has 5 nitrogen and oxygen atoms in total. The van der Waals surface area contributed by atoms with Crippen molar-refractivity contribution in [2.75, 3.05) is 7.11 Å². The van der Waals surface area contributed by atoms with Crippen LogP contribution in [0.5, 0.6) is 5.88 Å². The van der Waals surface area contributed by atoms with Gasteiger partial charge < -0.3 is 4.74 Å². The summed E-state index contributed by atoms with van der Waals surface area (Å²) < 4.78 is 43.2. The van der Waals surface area contributed by atoms with Crippen molar-refractivity contribution < 1.29 is 17.9 Å². The molecule has 0 spiro atoms. The van der Waals surface area contributed by atoms with Crippen molar-refractivity contribution in [3.63, 3.8) is 0 Å². The van der Waals surface area contributed by atoms with Gasteiger partial charge in [0, 0.05) is 6.07 Å². The van der Waals surface area contributed by atoms with Crippen LogP contribution in [-0.2, 0) is 6.18 Å². The highest BCUT2D eigenvalue weighted by Gasteiger charge is 2.31. The Labute approximate surface area is 118 Å². The maximum atomic E-state index is 12.8. The summed E-state index contributed by atoms with van der Waals surface area (Å²) in [7, 11) is 1.43. The number of nitrogens with two attached hydrogens (primary N) is 1. The third kappa shape index (κ3) is 3.47. The van der Waals surface area contributed by atoms with Crippen LogP contribution in [0.3, 0.4) is 0 Å². The molecular formula is C13H13F3N4O. The monoisotopic (exact) mass is 298 g/mol. The van der Waals surface area contributed by atoms with Gasteiger partial charge in [0.15, 0.2) is 0 Å². The van der Waals surface area contributed by atoms with E-state index in [-0.39, 0.29) is 0 Å².